The molecular formula is C22H22FN7O2S. The highest BCUT2D eigenvalue weighted by atomic mass is 32.2. The van der Waals surface area contributed by atoms with Crippen molar-refractivity contribution in [2.45, 2.75) is 17.7 Å². The molecule has 9 nitrogen and oxygen atoms in total. The number of nitrogens with zero attached hydrogens (tertiary/aromatic N) is 4. The molecule has 0 bridgehead atoms. The van der Waals surface area contributed by atoms with Crippen LogP contribution in [0.1, 0.15) is 12.8 Å². The van der Waals surface area contributed by atoms with Crippen molar-refractivity contribution in [3.63, 3.8) is 0 Å². The largest absolute Gasteiger partial charge is 0.371 e. The zero-order chi connectivity index (χ0) is 23.0. The molecule has 2 aromatic heterocycles. The van der Waals surface area contributed by atoms with E-state index in [4.69, 9.17) is 0 Å². The average molecular weight is 468 g/mol. The van der Waals surface area contributed by atoms with E-state index >= 15 is 0 Å². The van der Waals surface area contributed by atoms with Crippen LogP contribution in [0, 0.1) is 5.82 Å². The van der Waals surface area contributed by atoms with Crippen LogP contribution in [-0.2, 0) is 9.84 Å². The van der Waals surface area contributed by atoms with E-state index in [2.05, 4.69) is 35.7 Å². The van der Waals surface area contributed by atoms with E-state index in [1.165, 1.54) is 18.4 Å². The number of sulfone groups is 1. The Morgan fingerprint density at radius 2 is 1.88 bits per heavy atom. The molecule has 1 fully saturated rings. The number of H-pyrrole nitrogens is 1. The van der Waals surface area contributed by atoms with Crippen LogP contribution >= 0.6 is 0 Å². The summed E-state index contributed by atoms with van der Waals surface area (Å²) in [5, 5.41) is 13.8. The van der Waals surface area contributed by atoms with Crippen LogP contribution in [-0.4, -0.2) is 47.9 Å². The molecule has 33 heavy (non-hydrogen) atoms. The quantitative estimate of drug-likeness (QED) is 0.390. The molecule has 0 amide bonds. The SMILES string of the molecule is CS(=O)(=O)c1cc(Nc2nccc(Nc3n[nH]c4ccc(F)cc34)n2)cc(N2CCCC2)c1. The number of aromatic amines is 1. The molecule has 5 rings (SSSR count). The number of fused-ring (bicyclic) bond motifs is 1. The number of rotatable bonds is 6. The van der Waals surface area contributed by atoms with Crippen molar-refractivity contribution in [2.24, 2.45) is 0 Å². The maximum absolute atomic E-state index is 13.6. The highest BCUT2D eigenvalue weighted by Crippen LogP contribution is 2.29. The van der Waals surface area contributed by atoms with Gasteiger partial charge in [0.15, 0.2) is 15.7 Å². The molecular weight excluding hydrogens is 445 g/mol. The fourth-order valence-electron chi connectivity index (χ4n) is 3.85. The van der Waals surface area contributed by atoms with Crippen molar-refractivity contribution in [3.05, 3.63) is 54.5 Å². The molecule has 0 spiro atoms. The van der Waals surface area contributed by atoms with Crippen LogP contribution in [0.5, 0.6) is 0 Å². The zero-order valence-electron chi connectivity index (χ0n) is 17.8. The van der Waals surface area contributed by atoms with Crippen molar-refractivity contribution in [1.29, 1.82) is 0 Å². The number of nitrogens with one attached hydrogen (secondary N) is 3. The fourth-order valence-corrected chi connectivity index (χ4v) is 4.52. The summed E-state index contributed by atoms with van der Waals surface area (Å²) < 4.78 is 38.1. The van der Waals surface area contributed by atoms with Crippen molar-refractivity contribution in [1.82, 2.24) is 20.2 Å². The molecule has 3 heterocycles. The Labute approximate surface area is 190 Å². The number of halogens is 1. The van der Waals surface area contributed by atoms with Crippen LogP contribution < -0.4 is 15.5 Å². The van der Waals surface area contributed by atoms with Crippen molar-refractivity contribution in [3.8, 4) is 0 Å². The molecule has 0 saturated carbocycles. The van der Waals surface area contributed by atoms with Gasteiger partial charge in [0.2, 0.25) is 5.95 Å². The third-order valence-electron chi connectivity index (χ3n) is 5.47. The molecule has 0 radical (unpaired) electrons. The summed E-state index contributed by atoms with van der Waals surface area (Å²) >= 11 is 0. The van der Waals surface area contributed by atoms with Gasteiger partial charge < -0.3 is 15.5 Å². The van der Waals surface area contributed by atoms with Gasteiger partial charge in [0, 0.05) is 42.3 Å². The third-order valence-corrected chi connectivity index (χ3v) is 6.57. The molecule has 170 valence electrons. The molecule has 0 unspecified atom stereocenters. The molecule has 4 aromatic rings. The lowest BCUT2D eigenvalue weighted by Crippen LogP contribution is -2.18. The van der Waals surface area contributed by atoms with Crippen LogP contribution in [0.15, 0.2) is 53.6 Å². The maximum Gasteiger partial charge on any atom is 0.229 e. The average Bonchev–Trinajstić information content (AvgIpc) is 3.44. The first-order valence-electron chi connectivity index (χ1n) is 10.5. The van der Waals surface area contributed by atoms with Crippen molar-refractivity contribution >= 4 is 49.7 Å². The van der Waals surface area contributed by atoms with E-state index in [9.17, 15) is 12.8 Å². The summed E-state index contributed by atoms with van der Waals surface area (Å²) in [6, 6.07) is 11.2. The zero-order valence-corrected chi connectivity index (χ0v) is 18.7. The predicted molar refractivity (Wildman–Crippen MR) is 126 cm³/mol. The Bertz CT molecular complexity index is 1430. The Morgan fingerprint density at radius 1 is 1.06 bits per heavy atom. The molecule has 0 aliphatic carbocycles. The van der Waals surface area contributed by atoms with Crippen LogP contribution in [0.25, 0.3) is 10.9 Å². The van der Waals surface area contributed by atoms with E-state index in [0.29, 0.717) is 28.2 Å². The summed E-state index contributed by atoms with van der Waals surface area (Å²) in [4.78, 5) is 11.1. The number of hydrogen-bond acceptors (Lipinski definition) is 8. The van der Waals surface area contributed by atoms with Gasteiger partial charge in [-0.2, -0.15) is 10.1 Å². The van der Waals surface area contributed by atoms with Gasteiger partial charge in [-0.05, 0) is 55.3 Å². The van der Waals surface area contributed by atoms with E-state index in [-0.39, 0.29) is 16.7 Å². The number of anilines is 5. The summed E-state index contributed by atoms with van der Waals surface area (Å²) in [6.45, 7) is 1.78. The van der Waals surface area contributed by atoms with Crippen molar-refractivity contribution < 1.29 is 12.8 Å². The smallest absolute Gasteiger partial charge is 0.229 e. The summed E-state index contributed by atoms with van der Waals surface area (Å²) in [5.41, 5.74) is 2.11. The first-order valence-corrected chi connectivity index (χ1v) is 12.4. The van der Waals surface area contributed by atoms with E-state index in [1.807, 2.05) is 6.07 Å². The number of hydrogen-bond donors (Lipinski definition) is 3. The van der Waals surface area contributed by atoms with E-state index in [0.717, 1.165) is 31.6 Å². The van der Waals surface area contributed by atoms with Gasteiger partial charge in [0.05, 0.1) is 10.4 Å². The molecule has 1 aliphatic heterocycles. The Morgan fingerprint density at radius 3 is 2.67 bits per heavy atom. The molecule has 0 atom stereocenters. The summed E-state index contributed by atoms with van der Waals surface area (Å²) in [7, 11) is -3.40. The van der Waals surface area contributed by atoms with Gasteiger partial charge in [-0.1, -0.05) is 0 Å². The highest BCUT2D eigenvalue weighted by Gasteiger charge is 2.17. The predicted octanol–water partition coefficient (Wildman–Crippen LogP) is 3.98. The maximum atomic E-state index is 13.6. The van der Waals surface area contributed by atoms with Gasteiger partial charge in [0.25, 0.3) is 0 Å². The van der Waals surface area contributed by atoms with Gasteiger partial charge in [-0.25, -0.2) is 17.8 Å². The standard InChI is InChI=1S/C22H22FN7O2S/c1-33(31,32)17-12-15(11-16(13-17)30-8-2-3-9-30)25-22-24-7-6-20(27-22)26-21-18-10-14(23)4-5-19(18)28-29-21/h4-7,10-13H,2-3,8-9H2,1H3,(H3,24,25,26,27,28,29). The molecule has 3 N–H and O–H groups in total. The second kappa shape index (κ2) is 8.32. The molecule has 1 aliphatic rings. The molecule has 11 heteroatoms. The Kier molecular flexibility index (Phi) is 5.33. The highest BCUT2D eigenvalue weighted by molar-refractivity contribution is 7.90. The van der Waals surface area contributed by atoms with Crippen molar-refractivity contribution in [2.75, 3.05) is 34.9 Å². The first kappa shape index (κ1) is 21.1. The lowest BCUT2D eigenvalue weighted by molar-refractivity contribution is 0.602. The van der Waals surface area contributed by atoms with E-state index in [1.54, 1.807) is 30.5 Å². The summed E-state index contributed by atoms with van der Waals surface area (Å²) in [5.74, 6) is 0.800. The second-order valence-electron chi connectivity index (χ2n) is 7.96. The third kappa shape index (κ3) is 4.58. The molecule has 1 saturated heterocycles. The van der Waals surface area contributed by atoms with Crippen LogP contribution in [0.4, 0.5) is 33.3 Å². The first-order chi connectivity index (χ1) is 15.8. The lowest BCUT2D eigenvalue weighted by atomic mass is 10.2. The lowest BCUT2D eigenvalue weighted by Gasteiger charge is -2.20. The minimum absolute atomic E-state index is 0.230. The summed E-state index contributed by atoms with van der Waals surface area (Å²) in [6.07, 6.45) is 4.91. The van der Waals surface area contributed by atoms with Gasteiger partial charge in [-0.3, -0.25) is 5.10 Å². The monoisotopic (exact) mass is 467 g/mol. The van der Waals surface area contributed by atoms with Gasteiger partial charge in [0.1, 0.15) is 11.6 Å². The van der Waals surface area contributed by atoms with Crippen LogP contribution in [0.3, 0.4) is 0 Å². The normalized spacial score (nSPS) is 14.1. The minimum Gasteiger partial charge on any atom is -0.371 e. The van der Waals surface area contributed by atoms with E-state index < -0.39 is 9.84 Å². The second-order valence-corrected chi connectivity index (χ2v) is 9.98. The van der Waals surface area contributed by atoms with Gasteiger partial charge >= 0.3 is 0 Å². The van der Waals surface area contributed by atoms with Crippen LogP contribution in [0.2, 0.25) is 0 Å². The topological polar surface area (TPSA) is 116 Å². The Balaban J connectivity index is 1.43. The Hall–Kier alpha value is -3.73. The molecule has 2 aromatic carbocycles. The fraction of sp³-hybridized carbons (Fsp3) is 0.227. The number of benzene rings is 2. The minimum atomic E-state index is -3.40. The number of aromatic nitrogens is 4. The van der Waals surface area contributed by atoms with Gasteiger partial charge in [-0.15, -0.1) is 0 Å².